The molecule has 1 aromatic rings. The normalized spacial score (nSPS) is 11.6. The van der Waals surface area contributed by atoms with E-state index < -0.39 is 5.82 Å². The summed E-state index contributed by atoms with van der Waals surface area (Å²) in [5, 5.41) is 0.0751. The monoisotopic (exact) mass is 256 g/mol. The SMILES string of the molecule is CC(C)(C)CCC(=O)Cc1cccc(Cl)c1F. The Kier molecular flexibility index (Phi) is 4.70. The first-order valence-electron chi connectivity index (χ1n) is 5.74. The topological polar surface area (TPSA) is 17.1 Å². The molecule has 0 aromatic heterocycles. The second-order valence-electron chi connectivity index (χ2n) is 5.49. The van der Waals surface area contributed by atoms with Crippen molar-refractivity contribution in [3.05, 3.63) is 34.6 Å². The largest absolute Gasteiger partial charge is 0.299 e. The van der Waals surface area contributed by atoms with Gasteiger partial charge >= 0.3 is 0 Å². The van der Waals surface area contributed by atoms with Crippen LogP contribution in [0.1, 0.15) is 39.2 Å². The van der Waals surface area contributed by atoms with E-state index in [9.17, 15) is 9.18 Å². The van der Waals surface area contributed by atoms with Gasteiger partial charge in [0.15, 0.2) is 0 Å². The Labute approximate surface area is 107 Å². The molecule has 0 aliphatic carbocycles. The van der Waals surface area contributed by atoms with E-state index in [-0.39, 0.29) is 22.6 Å². The van der Waals surface area contributed by atoms with E-state index in [1.807, 2.05) is 0 Å². The van der Waals surface area contributed by atoms with Crippen molar-refractivity contribution in [3.63, 3.8) is 0 Å². The Morgan fingerprint density at radius 2 is 2.00 bits per heavy atom. The van der Waals surface area contributed by atoms with Gasteiger partial charge in [0, 0.05) is 12.8 Å². The van der Waals surface area contributed by atoms with Gasteiger partial charge in [-0.3, -0.25) is 4.79 Å². The number of Topliss-reactive ketones (excluding diaryl/α,β-unsaturated/α-hetero) is 1. The standard InChI is InChI=1S/C14H18ClFO/c1-14(2,3)8-7-11(17)9-10-5-4-6-12(15)13(10)16/h4-6H,7-9H2,1-3H3. The molecule has 0 aliphatic heterocycles. The lowest BCUT2D eigenvalue weighted by Crippen LogP contribution is -2.11. The van der Waals surface area contributed by atoms with Gasteiger partial charge in [0.2, 0.25) is 0 Å². The summed E-state index contributed by atoms with van der Waals surface area (Å²) in [4.78, 5) is 11.7. The summed E-state index contributed by atoms with van der Waals surface area (Å²) in [6.45, 7) is 6.25. The van der Waals surface area contributed by atoms with Gasteiger partial charge in [-0.15, -0.1) is 0 Å². The predicted octanol–water partition coefficient (Wildman–Crippen LogP) is 4.42. The summed E-state index contributed by atoms with van der Waals surface area (Å²) in [6.07, 6.45) is 1.42. The minimum Gasteiger partial charge on any atom is -0.299 e. The molecular weight excluding hydrogens is 239 g/mol. The second kappa shape index (κ2) is 5.63. The van der Waals surface area contributed by atoms with Crippen LogP contribution in [0.3, 0.4) is 0 Å². The number of benzene rings is 1. The number of hydrogen-bond acceptors (Lipinski definition) is 1. The summed E-state index contributed by atoms with van der Waals surface area (Å²) < 4.78 is 13.6. The van der Waals surface area contributed by atoms with Gasteiger partial charge in [-0.05, 0) is 23.5 Å². The Morgan fingerprint density at radius 3 is 2.59 bits per heavy atom. The zero-order chi connectivity index (χ0) is 13.1. The van der Waals surface area contributed by atoms with Gasteiger partial charge in [0.05, 0.1) is 5.02 Å². The van der Waals surface area contributed by atoms with Gasteiger partial charge < -0.3 is 0 Å². The Hall–Kier alpha value is -0.890. The molecule has 1 nitrogen and oxygen atoms in total. The molecule has 0 radical (unpaired) electrons. The molecular formula is C14H18ClFO. The lowest BCUT2D eigenvalue weighted by molar-refractivity contribution is -0.119. The van der Waals surface area contributed by atoms with Gasteiger partial charge in [-0.25, -0.2) is 4.39 Å². The fourth-order valence-corrected chi connectivity index (χ4v) is 1.69. The summed E-state index contributed by atoms with van der Waals surface area (Å²) in [7, 11) is 0. The smallest absolute Gasteiger partial charge is 0.145 e. The zero-order valence-corrected chi connectivity index (χ0v) is 11.3. The molecule has 1 aromatic carbocycles. The Bertz CT molecular complexity index is 407. The minimum absolute atomic E-state index is 0.0566. The van der Waals surface area contributed by atoms with Crippen LogP contribution in [0.4, 0.5) is 4.39 Å². The summed E-state index contributed by atoms with van der Waals surface area (Å²) >= 11 is 5.66. The Morgan fingerprint density at radius 1 is 1.35 bits per heavy atom. The molecule has 0 saturated heterocycles. The average molecular weight is 257 g/mol. The number of ketones is 1. The highest BCUT2D eigenvalue weighted by Crippen LogP contribution is 2.22. The van der Waals surface area contributed by atoms with Crippen molar-refractivity contribution in [2.45, 2.75) is 40.0 Å². The van der Waals surface area contributed by atoms with Crippen LogP contribution in [0.5, 0.6) is 0 Å². The quantitative estimate of drug-likeness (QED) is 0.780. The van der Waals surface area contributed by atoms with Crippen molar-refractivity contribution in [2.75, 3.05) is 0 Å². The van der Waals surface area contributed by atoms with Crippen LogP contribution in [0, 0.1) is 11.2 Å². The lowest BCUT2D eigenvalue weighted by Gasteiger charge is -2.17. The van der Waals surface area contributed by atoms with Crippen molar-refractivity contribution >= 4 is 17.4 Å². The highest BCUT2D eigenvalue weighted by molar-refractivity contribution is 6.30. The van der Waals surface area contributed by atoms with Gasteiger partial charge in [0.25, 0.3) is 0 Å². The summed E-state index contributed by atoms with van der Waals surface area (Å²) in [5.74, 6) is -0.417. The lowest BCUT2D eigenvalue weighted by atomic mass is 9.88. The van der Waals surface area contributed by atoms with Crippen molar-refractivity contribution in [3.8, 4) is 0 Å². The van der Waals surface area contributed by atoms with Crippen molar-refractivity contribution in [1.82, 2.24) is 0 Å². The van der Waals surface area contributed by atoms with E-state index in [0.29, 0.717) is 12.0 Å². The van der Waals surface area contributed by atoms with E-state index in [4.69, 9.17) is 11.6 Å². The third-order valence-corrected chi connectivity index (χ3v) is 2.86. The van der Waals surface area contributed by atoms with E-state index in [1.54, 1.807) is 12.1 Å². The van der Waals surface area contributed by atoms with E-state index >= 15 is 0 Å². The number of carbonyl (C=O) groups excluding carboxylic acids is 1. The van der Waals surface area contributed by atoms with E-state index in [1.165, 1.54) is 6.07 Å². The molecule has 0 spiro atoms. The molecule has 0 N–H and O–H groups in total. The van der Waals surface area contributed by atoms with Crippen molar-refractivity contribution in [2.24, 2.45) is 5.41 Å². The molecule has 0 atom stereocenters. The van der Waals surface area contributed by atoms with Crippen molar-refractivity contribution in [1.29, 1.82) is 0 Å². The number of hydrogen-bond donors (Lipinski definition) is 0. The van der Waals surface area contributed by atoms with Crippen molar-refractivity contribution < 1.29 is 9.18 Å². The van der Waals surface area contributed by atoms with E-state index in [0.717, 1.165) is 6.42 Å². The number of carbonyl (C=O) groups is 1. The molecule has 0 heterocycles. The molecule has 17 heavy (non-hydrogen) atoms. The molecule has 0 aliphatic rings. The molecule has 0 bridgehead atoms. The summed E-state index contributed by atoms with van der Waals surface area (Å²) in [5.41, 5.74) is 0.513. The third-order valence-electron chi connectivity index (χ3n) is 2.57. The molecule has 0 fully saturated rings. The van der Waals surface area contributed by atoms with Crippen LogP contribution < -0.4 is 0 Å². The van der Waals surface area contributed by atoms with Crippen LogP contribution in [0.15, 0.2) is 18.2 Å². The number of rotatable bonds is 4. The highest BCUT2D eigenvalue weighted by atomic mass is 35.5. The van der Waals surface area contributed by atoms with Crippen LogP contribution >= 0.6 is 11.6 Å². The first-order valence-corrected chi connectivity index (χ1v) is 6.12. The third kappa shape index (κ3) is 4.86. The maximum Gasteiger partial charge on any atom is 0.145 e. The summed E-state index contributed by atoms with van der Waals surface area (Å²) in [6, 6.07) is 4.76. The second-order valence-corrected chi connectivity index (χ2v) is 5.90. The molecule has 0 amide bonds. The Balaban J connectivity index is 2.60. The fraction of sp³-hybridized carbons (Fsp3) is 0.500. The van der Waals surface area contributed by atoms with Gasteiger partial charge in [-0.1, -0.05) is 44.5 Å². The van der Waals surface area contributed by atoms with Crippen LogP contribution in [-0.2, 0) is 11.2 Å². The first-order chi connectivity index (χ1) is 7.79. The van der Waals surface area contributed by atoms with Gasteiger partial charge in [0.1, 0.15) is 11.6 Å². The zero-order valence-electron chi connectivity index (χ0n) is 10.5. The molecule has 94 valence electrons. The predicted molar refractivity (Wildman–Crippen MR) is 68.8 cm³/mol. The first kappa shape index (κ1) is 14.2. The average Bonchev–Trinajstić information content (AvgIpc) is 2.21. The molecule has 3 heteroatoms. The highest BCUT2D eigenvalue weighted by Gasteiger charge is 2.15. The van der Waals surface area contributed by atoms with Crippen LogP contribution in [0.25, 0.3) is 0 Å². The van der Waals surface area contributed by atoms with E-state index in [2.05, 4.69) is 20.8 Å². The molecule has 1 rings (SSSR count). The fourth-order valence-electron chi connectivity index (χ4n) is 1.50. The molecule has 0 saturated carbocycles. The van der Waals surface area contributed by atoms with Crippen LogP contribution in [-0.4, -0.2) is 5.78 Å². The van der Waals surface area contributed by atoms with Crippen LogP contribution in [0.2, 0.25) is 5.02 Å². The van der Waals surface area contributed by atoms with Gasteiger partial charge in [-0.2, -0.15) is 0 Å². The molecule has 0 unspecified atom stereocenters. The maximum absolute atomic E-state index is 13.6. The number of halogens is 2. The minimum atomic E-state index is -0.474. The maximum atomic E-state index is 13.6.